The number of fused-ring (bicyclic) bond motifs is 1. The second-order valence-corrected chi connectivity index (χ2v) is 4.66. The monoisotopic (exact) mass is 218 g/mol. The van der Waals surface area contributed by atoms with Crippen LogP contribution in [0.5, 0.6) is 0 Å². The molecular formula is C11H14N4O. The number of nitrogens with two attached hydrogens (primary N) is 1. The van der Waals surface area contributed by atoms with E-state index in [2.05, 4.69) is 9.97 Å². The van der Waals surface area contributed by atoms with E-state index in [4.69, 9.17) is 5.73 Å². The first-order valence-electron chi connectivity index (χ1n) is 5.05. The third-order valence-electron chi connectivity index (χ3n) is 2.34. The highest BCUT2D eigenvalue weighted by atomic mass is 16.1. The maximum Gasteiger partial charge on any atom is 0.283 e. The third-order valence-corrected chi connectivity index (χ3v) is 2.34. The van der Waals surface area contributed by atoms with E-state index < -0.39 is 0 Å². The topological polar surface area (TPSA) is 73.8 Å². The van der Waals surface area contributed by atoms with E-state index in [9.17, 15) is 4.79 Å². The number of rotatable bonds is 0. The van der Waals surface area contributed by atoms with Crippen LogP contribution in [-0.4, -0.2) is 14.5 Å². The minimum absolute atomic E-state index is 0.198. The Morgan fingerprint density at radius 3 is 2.69 bits per heavy atom. The fourth-order valence-corrected chi connectivity index (χ4v) is 1.73. The Bertz CT molecular complexity index is 595. The molecule has 5 heteroatoms. The smallest absolute Gasteiger partial charge is 0.283 e. The van der Waals surface area contributed by atoms with E-state index in [1.807, 2.05) is 20.8 Å². The number of nitrogens with zero attached hydrogens (tertiary/aromatic N) is 3. The van der Waals surface area contributed by atoms with Crippen molar-refractivity contribution in [3.05, 3.63) is 28.7 Å². The van der Waals surface area contributed by atoms with Crippen LogP contribution in [0.4, 0.5) is 5.95 Å². The molecule has 0 saturated carbocycles. The lowest BCUT2D eigenvalue weighted by atomic mass is 10.1. The fourth-order valence-electron chi connectivity index (χ4n) is 1.73. The predicted octanol–water partition coefficient (Wildman–Crippen LogP) is 1.13. The molecule has 2 rings (SSSR count). The lowest BCUT2D eigenvalue weighted by Gasteiger charge is -2.25. The van der Waals surface area contributed by atoms with Gasteiger partial charge in [0.1, 0.15) is 5.65 Å². The SMILES string of the molecule is CC(C)(C)n1c(N)nc(=O)c2cccnc21. The number of pyridine rings is 1. The molecule has 0 saturated heterocycles. The number of hydrogen-bond donors (Lipinski definition) is 1. The van der Waals surface area contributed by atoms with E-state index in [0.717, 1.165) is 0 Å². The molecule has 2 aromatic rings. The van der Waals surface area contributed by atoms with Gasteiger partial charge in [-0.1, -0.05) is 0 Å². The zero-order valence-electron chi connectivity index (χ0n) is 9.56. The Hall–Kier alpha value is -1.91. The van der Waals surface area contributed by atoms with Gasteiger partial charge in [-0.05, 0) is 32.9 Å². The van der Waals surface area contributed by atoms with E-state index in [0.29, 0.717) is 11.0 Å². The number of nitrogen functional groups attached to an aromatic ring is 1. The zero-order chi connectivity index (χ0) is 11.9. The van der Waals surface area contributed by atoms with Gasteiger partial charge in [0.2, 0.25) is 5.95 Å². The van der Waals surface area contributed by atoms with E-state index >= 15 is 0 Å². The highest BCUT2D eigenvalue weighted by Gasteiger charge is 2.20. The van der Waals surface area contributed by atoms with Gasteiger partial charge in [-0.2, -0.15) is 4.98 Å². The molecule has 0 amide bonds. The first-order valence-corrected chi connectivity index (χ1v) is 5.05. The summed E-state index contributed by atoms with van der Waals surface area (Å²) in [6.45, 7) is 5.97. The van der Waals surface area contributed by atoms with Crippen molar-refractivity contribution >= 4 is 17.0 Å². The Kier molecular flexibility index (Phi) is 2.18. The van der Waals surface area contributed by atoms with Gasteiger partial charge >= 0.3 is 0 Å². The summed E-state index contributed by atoms with van der Waals surface area (Å²) in [5, 5.41) is 0.492. The lowest BCUT2D eigenvalue weighted by Crippen LogP contribution is -2.29. The number of anilines is 1. The third kappa shape index (κ3) is 1.54. The van der Waals surface area contributed by atoms with Crippen LogP contribution >= 0.6 is 0 Å². The molecule has 16 heavy (non-hydrogen) atoms. The van der Waals surface area contributed by atoms with E-state index in [1.165, 1.54) is 0 Å². The molecule has 0 aliphatic carbocycles. The van der Waals surface area contributed by atoms with Gasteiger partial charge < -0.3 is 5.73 Å². The summed E-state index contributed by atoms with van der Waals surface area (Å²) in [5.41, 5.74) is 5.76. The van der Waals surface area contributed by atoms with Crippen LogP contribution in [0.3, 0.4) is 0 Å². The van der Waals surface area contributed by atoms with Crippen molar-refractivity contribution in [2.24, 2.45) is 0 Å². The Balaban J connectivity index is 2.99. The van der Waals surface area contributed by atoms with Crippen LogP contribution in [-0.2, 0) is 5.54 Å². The largest absolute Gasteiger partial charge is 0.369 e. The summed E-state index contributed by atoms with van der Waals surface area (Å²) in [5.74, 6) is 0.198. The minimum atomic E-state index is -0.332. The van der Waals surface area contributed by atoms with Crippen LogP contribution in [0.15, 0.2) is 23.1 Å². The van der Waals surface area contributed by atoms with Crippen LogP contribution < -0.4 is 11.3 Å². The van der Waals surface area contributed by atoms with Gasteiger partial charge in [0, 0.05) is 11.7 Å². The molecule has 2 aromatic heterocycles. The second kappa shape index (κ2) is 3.30. The van der Waals surface area contributed by atoms with Gasteiger partial charge in [-0.3, -0.25) is 9.36 Å². The molecule has 0 atom stereocenters. The van der Waals surface area contributed by atoms with Crippen molar-refractivity contribution in [3.63, 3.8) is 0 Å². The standard InChI is InChI=1S/C11H14N4O/c1-11(2,3)15-8-7(5-4-6-13-8)9(16)14-10(15)12/h4-6H,1-3H3,(H2,12,14,16). The highest BCUT2D eigenvalue weighted by Crippen LogP contribution is 2.21. The van der Waals surface area contributed by atoms with Crippen molar-refractivity contribution in [2.75, 3.05) is 5.73 Å². The molecule has 0 bridgehead atoms. The van der Waals surface area contributed by atoms with Gasteiger partial charge in [-0.15, -0.1) is 0 Å². The summed E-state index contributed by atoms with van der Waals surface area (Å²) in [6, 6.07) is 3.42. The fraction of sp³-hybridized carbons (Fsp3) is 0.364. The maximum atomic E-state index is 11.6. The van der Waals surface area contributed by atoms with Crippen LogP contribution in [0.1, 0.15) is 20.8 Å². The van der Waals surface area contributed by atoms with Crippen molar-refractivity contribution in [1.82, 2.24) is 14.5 Å². The Labute approximate surface area is 92.9 Å². The van der Waals surface area contributed by atoms with Crippen molar-refractivity contribution in [1.29, 1.82) is 0 Å². The molecule has 0 fully saturated rings. The predicted molar refractivity (Wildman–Crippen MR) is 63.2 cm³/mol. The van der Waals surface area contributed by atoms with Crippen LogP contribution in [0, 0.1) is 0 Å². The number of aromatic nitrogens is 3. The molecule has 0 spiro atoms. The molecule has 0 radical (unpaired) electrons. The molecule has 0 aliphatic heterocycles. The van der Waals surface area contributed by atoms with Crippen LogP contribution in [0.2, 0.25) is 0 Å². The summed E-state index contributed by atoms with van der Waals surface area (Å²) in [6.07, 6.45) is 1.64. The molecule has 0 unspecified atom stereocenters. The average molecular weight is 218 g/mol. The molecule has 2 heterocycles. The summed E-state index contributed by atoms with van der Waals surface area (Å²) >= 11 is 0. The lowest BCUT2D eigenvalue weighted by molar-refractivity contribution is 0.408. The molecule has 5 nitrogen and oxygen atoms in total. The average Bonchev–Trinajstić information content (AvgIpc) is 2.15. The highest BCUT2D eigenvalue weighted by molar-refractivity contribution is 5.75. The molecule has 84 valence electrons. The van der Waals surface area contributed by atoms with Gasteiger partial charge in [0.15, 0.2) is 0 Å². The molecule has 0 aromatic carbocycles. The summed E-state index contributed by atoms with van der Waals surface area (Å²) < 4.78 is 1.77. The Morgan fingerprint density at radius 2 is 2.06 bits per heavy atom. The van der Waals surface area contributed by atoms with Crippen molar-refractivity contribution in [2.45, 2.75) is 26.3 Å². The van der Waals surface area contributed by atoms with Crippen molar-refractivity contribution < 1.29 is 0 Å². The zero-order valence-corrected chi connectivity index (χ0v) is 9.56. The van der Waals surface area contributed by atoms with E-state index in [-0.39, 0.29) is 17.0 Å². The molecule has 2 N–H and O–H groups in total. The summed E-state index contributed by atoms with van der Waals surface area (Å²) in [7, 11) is 0. The van der Waals surface area contributed by atoms with Crippen LogP contribution in [0.25, 0.3) is 11.0 Å². The summed E-state index contributed by atoms with van der Waals surface area (Å²) in [4.78, 5) is 19.7. The van der Waals surface area contributed by atoms with Gasteiger partial charge in [0.25, 0.3) is 5.56 Å². The number of hydrogen-bond acceptors (Lipinski definition) is 4. The quantitative estimate of drug-likeness (QED) is 0.719. The first-order chi connectivity index (χ1) is 7.41. The molecule has 0 aliphatic rings. The van der Waals surface area contributed by atoms with Gasteiger partial charge in [-0.25, -0.2) is 4.98 Å². The normalized spacial score (nSPS) is 11.9. The van der Waals surface area contributed by atoms with E-state index in [1.54, 1.807) is 22.9 Å². The van der Waals surface area contributed by atoms with Crippen molar-refractivity contribution in [3.8, 4) is 0 Å². The first kappa shape index (κ1) is 10.6. The maximum absolute atomic E-state index is 11.6. The van der Waals surface area contributed by atoms with Gasteiger partial charge in [0.05, 0.1) is 5.39 Å². The molecular weight excluding hydrogens is 204 g/mol. The Morgan fingerprint density at radius 1 is 1.38 bits per heavy atom. The minimum Gasteiger partial charge on any atom is -0.369 e. The second-order valence-electron chi connectivity index (χ2n) is 4.66.